The van der Waals surface area contributed by atoms with Crippen molar-refractivity contribution in [2.45, 2.75) is 0 Å². The number of benzene rings is 1. The number of carbonyl (C=O) groups excluding carboxylic acids is 1. The number of aromatic nitrogens is 2. The molecule has 3 heterocycles. The van der Waals surface area contributed by atoms with Gasteiger partial charge in [0.1, 0.15) is 0 Å². The fourth-order valence-corrected chi connectivity index (χ4v) is 3.47. The topological polar surface area (TPSA) is 88.0 Å². The minimum absolute atomic E-state index is 0.173. The average Bonchev–Trinajstić information content (AvgIpc) is 3.26. The number of thiazole rings is 1. The molecule has 0 unspecified atom stereocenters. The number of amides is 1. The van der Waals surface area contributed by atoms with E-state index in [0.717, 1.165) is 5.56 Å². The van der Waals surface area contributed by atoms with Gasteiger partial charge in [0.25, 0.3) is 5.91 Å². The quantitative estimate of drug-likeness (QED) is 0.595. The van der Waals surface area contributed by atoms with Crippen molar-refractivity contribution in [2.75, 3.05) is 5.32 Å². The van der Waals surface area contributed by atoms with E-state index in [1.54, 1.807) is 18.2 Å². The van der Waals surface area contributed by atoms with E-state index in [1.165, 1.54) is 22.7 Å². The largest absolute Gasteiger partial charge is 0.417 e. The normalized spacial score (nSPS) is 11.0. The number of aromatic amines is 1. The summed E-state index contributed by atoms with van der Waals surface area (Å²) in [7, 11) is 0. The summed E-state index contributed by atoms with van der Waals surface area (Å²) in [5, 5.41) is 6.99. The highest BCUT2D eigenvalue weighted by Gasteiger charge is 2.11. The van der Waals surface area contributed by atoms with Gasteiger partial charge in [-0.3, -0.25) is 15.1 Å². The Morgan fingerprint density at radius 2 is 2.17 bits per heavy atom. The van der Waals surface area contributed by atoms with Gasteiger partial charge in [-0.15, -0.1) is 22.7 Å². The summed E-state index contributed by atoms with van der Waals surface area (Å²) in [5.41, 5.74) is 2.64. The van der Waals surface area contributed by atoms with Crippen LogP contribution in [0.4, 0.5) is 5.13 Å². The number of anilines is 1. The van der Waals surface area contributed by atoms with Crippen molar-refractivity contribution in [3.8, 4) is 11.3 Å². The smallest absolute Gasteiger partial charge is 0.408 e. The zero-order chi connectivity index (χ0) is 15.8. The maximum atomic E-state index is 12.0. The predicted octanol–water partition coefficient (Wildman–Crippen LogP) is 3.56. The second kappa shape index (κ2) is 5.49. The Labute approximate surface area is 137 Å². The van der Waals surface area contributed by atoms with Crippen LogP contribution < -0.4 is 11.1 Å². The van der Waals surface area contributed by atoms with Gasteiger partial charge in [0.15, 0.2) is 10.7 Å². The molecule has 6 nitrogen and oxygen atoms in total. The molecule has 0 spiro atoms. The Morgan fingerprint density at radius 3 is 3.00 bits per heavy atom. The fourth-order valence-electron chi connectivity index (χ4n) is 2.13. The Balaban J connectivity index is 1.61. The molecular formula is C15H9N3O3S2. The van der Waals surface area contributed by atoms with Crippen molar-refractivity contribution in [2.24, 2.45) is 0 Å². The Hall–Kier alpha value is -2.71. The van der Waals surface area contributed by atoms with E-state index in [1.807, 2.05) is 22.9 Å². The first-order chi connectivity index (χ1) is 11.2. The van der Waals surface area contributed by atoms with Crippen LogP contribution in [0.3, 0.4) is 0 Å². The van der Waals surface area contributed by atoms with Crippen LogP contribution in [0.1, 0.15) is 9.67 Å². The minimum atomic E-state index is -0.487. The Morgan fingerprint density at radius 1 is 1.26 bits per heavy atom. The third kappa shape index (κ3) is 2.69. The standard InChI is InChI=1S/C15H9N3O3S2/c19-13(12-2-1-5-22-12)18-14-16-10(7-23-14)8-3-4-9-11(6-8)21-15(20)17-9/h1-7H,(H,17,20)(H,16,18,19). The first-order valence-electron chi connectivity index (χ1n) is 6.63. The summed E-state index contributed by atoms with van der Waals surface area (Å²) in [5.74, 6) is -0.660. The second-order valence-corrected chi connectivity index (χ2v) is 6.50. The lowest BCUT2D eigenvalue weighted by atomic mass is 10.1. The highest BCUT2D eigenvalue weighted by Crippen LogP contribution is 2.27. The molecule has 0 fully saturated rings. The summed E-state index contributed by atoms with van der Waals surface area (Å²) >= 11 is 2.72. The number of thiophene rings is 1. The molecule has 0 radical (unpaired) electrons. The number of hydrogen-bond donors (Lipinski definition) is 2. The number of hydrogen-bond acceptors (Lipinski definition) is 6. The van der Waals surface area contributed by atoms with E-state index in [4.69, 9.17) is 4.42 Å². The van der Waals surface area contributed by atoms with Gasteiger partial charge in [0.05, 0.1) is 16.1 Å². The summed E-state index contributed by atoms with van der Waals surface area (Å²) < 4.78 is 5.05. The molecule has 0 bridgehead atoms. The number of rotatable bonds is 3. The molecule has 0 saturated heterocycles. The molecule has 4 aromatic rings. The monoisotopic (exact) mass is 343 g/mol. The lowest BCUT2D eigenvalue weighted by Crippen LogP contribution is -2.09. The van der Waals surface area contributed by atoms with Gasteiger partial charge in [-0.05, 0) is 23.6 Å². The van der Waals surface area contributed by atoms with Gasteiger partial charge < -0.3 is 4.42 Å². The average molecular weight is 343 g/mol. The molecule has 114 valence electrons. The van der Waals surface area contributed by atoms with Gasteiger partial charge in [0.2, 0.25) is 0 Å². The van der Waals surface area contributed by atoms with Crippen LogP contribution in [-0.2, 0) is 0 Å². The van der Waals surface area contributed by atoms with Gasteiger partial charge in [0, 0.05) is 10.9 Å². The van der Waals surface area contributed by atoms with Gasteiger partial charge in [-0.25, -0.2) is 9.78 Å². The van der Waals surface area contributed by atoms with E-state index >= 15 is 0 Å². The molecule has 3 aromatic heterocycles. The van der Waals surface area contributed by atoms with Gasteiger partial charge in [-0.1, -0.05) is 12.1 Å². The highest BCUT2D eigenvalue weighted by atomic mass is 32.1. The van der Waals surface area contributed by atoms with Crippen LogP contribution in [0.15, 0.2) is 50.3 Å². The molecule has 0 aliphatic heterocycles. The van der Waals surface area contributed by atoms with Gasteiger partial charge >= 0.3 is 5.76 Å². The van der Waals surface area contributed by atoms with Crippen molar-refractivity contribution in [1.29, 1.82) is 0 Å². The molecule has 4 rings (SSSR count). The predicted molar refractivity (Wildman–Crippen MR) is 90.2 cm³/mol. The molecule has 1 aromatic carbocycles. The Kier molecular flexibility index (Phi) is 3.32. The first kappa shape index (κ1) is 13.9. The maximum Gasteiger partial charge on any atom is 0.417 e. The van der Waals surface area contributed by atoms with Crippen molar-refractivity contribution < 1.29 is 9.21 Å². The van der Waals surface area contributed by atoms with Crippen LogP contribution >= 0.6 is 22.7 Å². The minimum Gasteiger partial charge on any atom is -0.408 e. The lowest BCUT2D eigenvalue weighted by molar-refractivity contribution is 0.103. The van der Waals surface area contributed by atoms with Crippen molar-refractivity contribution in [1.82, 2.24) is 9.97 Å². The van der Waals surface area contributed by atoms with Crippen molar-refractivity contribution >= 4 is 44.8 Å². The molecule has 0 atom stereocenters. The molecule has 8 heteroatoms. The van der Waals surface area contributed by atoms with Crippen LogP contribution in [0.2, 0.25) is 0 Å². The van der Waals surface area contributed by atoms with E-state index in [2.05, 4.69) is 15.3 Å². The van der Waals surface area contributed by atoms with Crippen molar-refractivity contribution in [3.05, 3.63) is 56.5 Å². The molecule has 1 amide bonds. The number of oxazole rings is 1. The number of carbonyl (C=O) groups is 1. The van der Waals surface area contributed by atoms with Crippen LogP contribution in [0, 0.1) is 0 Å². The van der Waals surface area contributed by atoms with E-state index in [0.29, 0.717) is 26.8 Å². The zero-order valence-corrected chi connectivity index (χ0v) is 13.2. The second-order valence-electron chi connectivity index (χ2n) is 4.69. The van der Waals surface area contributed by atoms with Crippen LogP contribution in [0.5, 0.6) is 0 Å². The number of fused-ring (bicyclic) bond motifs is 1. The van der Waals surface area contributed by atoms with Crippen LogP contribution in [-0.4, -0.2) is 15.9 Å². The number of nitrogens with zero attached hydrogens (tertiary/aromatic N) is 1. The molecule has 2 N–H and O–H groups in total. The van der Waals surface area contributed by atoms with E-state index in [9.17, 15) is 9.59 Å². The summed E-state index contributed by atoms with van der Waals surface area (Å²) in [6.07, 6.45) is 0. The van der Waals surface area contributed by atoms with Crippen LogP contribution in [0.25, 0.3) is 22.4 Å². The van der Waals surface area contributed by atoms with Crippen molar-refractivity contribution in [3.63, 3.8) is 0 Å². The number of nitrogens with one attached hydrogen (secondary N) is 2. The highest BCUT2D eigenvalue weighted by molar-refractivity contribution is 7.14. The summed E-state index contributed by atoms with van der Waals surface area (Å²) in [4.78, 5) is 30.8. The summed E-state index contributed by atoms with van der Waals surface area (Å²) in [6.45, 7) is 0. The molecule has 0 aliphatic carbocycles. The van der Waals surface area contributed by atoms with Gasteiger partial charge in [-0.2, -0.15) is 0 Å². The third-order valence-electron chi connectivity index (χ3n) is 3.19. The SMILES string of the molecule is O=C(Nc1nc(-c2ccc3[nH]c(=O)oc3c2)cs1)c1cccs1. The van der Waals surface area contributed by atoms with E-state index < -0.39 is 5.76 Å². The molecule has 0 aliphatic rings. The Bertz CT molecular complexity index is 1040. The molecular weight excluding hydrogens is 334 g/mol. The van der Waals surface area contributed by atoms with E-state index in [-0.39, 0.29) is 5.91 Å². The first-order valence-corrected chi connectivity index (χ1v) is 8.38. The summed E-state index contributed by atoms with van der Waals surface area (Å²) in [6, 6.07) is 8.93. The molecule has 0 saturated carbocycles. The molecule has 23 heavy (non-hydrogen) atoms. The zero-order valence-electron chi connectivity index (χ0n) is 11.5. The fraction of sp³-hybridized carbons (Fsp3) is 0. The maximum absolute atomic E-state index is 12.0. The number of H-pyrrole nitrogens is 1. The third-order valence-corrected chi connectivity index (χ3v) is 4.81. The lowest BCUT2D eigenvalue weighted by Gasteiger charge is -1.98.